The zero-order chi connectivity index (χ0) is 13.9. The Morgan fingerprint density at radius 2 is 2.21 bits per heavy atom. The van der Waals surface area contributed by atoms with Crippen LogP contribution < -0.4 is 11.1 Å². The molecule has 0 aliphatic heterocycles. The molecule has 1 amide bonds. The van der Waals surface area contributed by atoms with Crippen LogP contribution in [0.3, 0.4) is 0 Å². The maximum absolute atomic E-state index is 12.5. The summed E-state index contributed by atoms with van der Waals surface area (Å²) in [6.45, 7) is 4.60. The average molecular weight is 261 g/mol. The highest BCUT2D eigenvalue weighted by atomic mass is 16.2. The lowest BCUT2D eigenvalue weighted by molar-refractivity contribution is -0.127. The first-order valence-electron chi connectivity index (χ1n) is 7.00. The van der Waals surface area contributed by atoms with Gasteiger partial charge in [-0.1, -0.05) is 13.0 Å². The van der Waals surface area contributed by atoms with Gasteiger partial charge in [-0.15, -0.1) is 0 Å². The van der Waals surface area contributed by atoms with Gasteiger partial charge in [0.2, 0.25) is 5.91 Å². The SMILES string of the molecule is Cc1cccnc1NC(=O)C1(CN)CCC(C)CC1. The minimum absolute atomic E-state index is 0.0312. The van der Waals surface area contributed by atoms with E-state index in [1.807, 2.05) is 19.1 Å². The summed E-state index contributed by atoms with van der Waals surface area (Å²) in [6, 6.07) is 3.81. The molecule has 4 heteroatoms. The Hall–Kier alpha value is -1.42. The second-order valence-electron chi connectivity index (χ2n) is 5.79. The predicted molar refractivity (Wildman–Crippen MR) is 76.7 cm³/mol. The number of aryl methyl sites for hydroxylation is 1. The lowest BCUT2D eigenvalue weighted by atomic mass is 9.70. The predicted octanol–water partition coefficient (Wildman–Crippen LogP) is 2.48. The molecule has 104 valence electrons. The summed E-state index contributed by atoms with van der Waals surface area (Å²) in [5.41, 5.74) is 6.47. The number of nitrogens with one attached hydrogen (secondary N) is 1. The number of carbonyl (C=O) groups is 1. The number of hydrogen-bond donors (Lipinski definition) is 2. The summed E-state index contributed by atoms with van der Waals surface area (Å²) >= 11 is 0. The van der Waals surface area contributed by atoms with Crippen LogP contribution in [0.15, 0.2) is 18.3 Å². The van der Waals surface area contributed by atoms with E-state index in [9.17, 15) is 4.79 Å². The van der Waals surface area contributed by atoms with Gasteiger partial charge >= 0.3 is 0 Å². The monoisotopic (exact) mass is 261 g/mol. The molecule has 1 aromatic rings. The molecule has 19 heavy (non-hydrogen) atoms. The molecule has 2 rings (SSSR count). The highest BCUT2D eigenvalue weighted by Gasteiger charge is 2.40. The van der Waals surface area contributed by atoms with Crippen LogP contribution in [0.25, 0.3) is 0 Å². The first kappa shape index (κ1) is 14.0. The standard InChI is InChI=1S/C15H23N3O/c1-11-5-7-15(10-16,8-6-11)14(19)18-13-12(2)4-3-9-17-13/h3-4,9,11H,5-8,10,16H2,1-2H3,(H,17,18,19). The van der Waals surface area contributed by atoms with Crippen molar-refractivity contribution < 1.29 is 4.79 Å². The Bertz CT molecular complexity index is 450. The van der Waals surface area contributed by atoms with Gasteiger partial charge in [-0.3, -0.25) is 4.79 Å². The summed E-state index contributed by atoms with van der Waals surface area (Å²) in [5, 5.41) is 2.96. The van der Waals surface area contributed by atoms with Crippen molar-refractivity contribution in [3.8, 4) is 0 Å². The van der Waals surface area contributed by atoms with E-state index in [4.69, 9.17) is 5.73 Å². The summed E-state index contributed by atoms with van der Waals surface area (Å²) in [5.74, 6) is 1.38. The molecule has 4 nitrogen and oxygen atoms in total. The Kier molecular flexibility index (Phi) is 4.20. The smallest absolute Gasteiger partial charge is 0.233 e. The largest absolute Gasteiger partial charge is 0.329 e. The molecule has 1 saturated carbocycles. The van der Waals surface area contributed by atoms with Crippen LogP contribution in [0, 0.1) is 18.3 Å². The van der Waals surface area contributed by atoms with Gasteiger partial charge in [0.25, 0.3) is 0 Å². The van der Waals surface area contributed by atoms with Crippen LogP contribution in [0.1, 0.15) is 38.2 Å². The number of rotatable bonds is 3. The molecule has 0 radical (unpaired) electrons. The second kappa shape index (κ2) is 5.70. The molecule has 1 heterocycles. The lowest BCUT2D eigenvalue weighted by Crippen LogP contribution is -2.45. The number of anilines is 1. The third kappa shape index (κ3) is 2.95. The molecule has 1 aliphatic rings. The number of nitrogens with two attached hydrogens (primary N) is 1. The zero-order valence-corrected chi connectivity index (χ0v) is 11.8. The van der Waals surface area contributed by atoms with Crippen LogP contribution in [0.5, 0.6) is 0 Å². The fraction of sp³-hybridized carbons (Fsp3) is 0.600. The van der Waals surface area contributed by atoms with E-state index in [0.717, 1.165) is 31.2 Å². The van der Waals surface area contributed by atoms with E-state index in [0.29, 0.717) is 18.3 Å². The third-order valence-corrected chi connectivity index (χ3v) is 4.35. The van der Waals surface area contributed by atoms with Crippen molar-refractivity contribution in [3.63, 3.8) is 0 Å². The molecule has 1 aromatic heterocycles. The zero-order valence-electron chi connectivity index (χ0n) is 11.8. The first-order chi connectivity index (χ1) is 9.07. The van der Waals surface area contributed by atoms with Gasteiger partial charge in [0.05, 0.1) is 5.41 Å². The highest BCUT2D eigenvalue weighted by molar-refractivity contribution is 5.95. The molecule has 0 bridgehead atoms. The molecule has 0 atom stereocenters. The summed E-state index contributed by atoms with van der Waals surface area (Å²) in [6.07, 6.45) is 5.60. The van der Waals surface area contributed by atoms with Crippen molar-refractivity contribution in [3.05, 3.63) is 23.9 Å². The summed E-state index contributed by atoms with van der Waals surface area (Å²) in [4.78, 5) is 16.8. The van der Waals surface area contributed by atoms with Crippen LogP contribution in [0.2, 0.25) is 0 Å². The number of nitrogens with zero attached hydrogens (tertiary/aromatic N) is 1. The molecule has 1 aliphatic carbocycles. The van der Waals surface area contributed by atoms with Crippen LogP contribution in [0.4, 0.5) is 5.82 Å². The first-order valence-corrected chi connectivity index (χ1v) is 7.00. The number of hydrogen-bond acceptors (Lipinski definition) is 3. The van der Waals surface area contributed by atoms with Gasteiger partial charge in [-0.2, -0.15) is 0 Å². The maximum atomic E-state index is 12.5. The van der Waals surface area contributed by atoms with Gasteiger partial charge in [-0.05, 0) is 50.2 Å². The van der Waals surface area contributed by atoms with E-state index in [2.05, 4.69) is 17.2 Å². The molecule has 3 N–H and O–H groups in total. The van der Waals surface area contributed by atoms with Gasteiger partial charge in [0.1, 0.15) is 5.82 Å². The Morgan fingerprint density at radius 3 is 2.79 bits per heavy atom. The normalized spacial score (nSPS) is 27.0. The number of aromatic nitrogens is 1. The Labute approximate surface area is 114 Å². The number of amides is 1. The van der Waals surface area contributed by atoms with Crippen molar-refractivity contribution in [2.75, 3.05) is 11.9 Å². The van der Waals surface area contributed by atoms with E-state index < -0.39 is 5.41 Å². The third-order valence-electron chi connectivity index (χ3n) is 4.35. The molecular weight excluding hydrogens is 238 g/mol. The molecule has 0 unspecified atom stereocenters. The van der Waals surface area contributed by atoms with Crippen molar-refractivity contribution in [1.29, 1.82) is 0 Å². The van der Waals surface area contributed by atoms with E-state index in [-0.39, 0.29) is 5.91 Å². The molecule has 0 saturated heterocycles. The molecular formula is C15H23N3O. The summed E-state index contributed by atoms with van der Waals surface area (Å²) in [7, 11) is 0. The van der Waals surface area contributed by atoms with Gasteiger partial charge < -0.3 is 11.1 Å². The van der Waals surface area contributed by atoms with Gasteiger partial charge in [-0.25, -0.2) is 4.98 Å². The second-order valence-corrected chi connectivity index (χ2v) is 5.79. The van der Waals surface area contributed by atoms with Crippen molar-refractivity contribution >= 4 is 11.7 Å². The fourth-order valence-electron chi connectivity index (χ4n) is 2.70. The fourth-order valence-corrected chi connectivity index (χ4v) is 2.70. The Morgan fingerprint density at radius 1 is 1.53 bits per heavy atom. The Balaban J connectivity index is 2.12. The van der Waals surface area contributed by atoms with Gasteiger partial charge in [0.15, 0.2) is 0 Å². The average Bonchev–Trinajstić information content (AvgIpc) is 2.42. The van der Waals surface area contributed by atoms with Crippen LogP contribution >= 0.6 is 0 Å². The van der Waals surface area contributed by atoms with E-state index >= 15 is 0 Å². The van der Waals surface area contributed by atoms with Crippen molar-refractivity contribution in [2.45, 2.75) is 39.5 Å². The van der Waals surface area contributed by atoms with E-state index in [1.165, 1.54) is 0 Å². The molecule has 0 spiro atoms. The number of carbonyl (C=O) groups excluding carboxylic acids is 1. The summed E-state index contributed by atoms with van der Waals surface area (Å²) < 4.78 is 0. The maximum Gasteiger partial charge on any atom is 0.233 e. The highest BCUT2D eigenvalue weighted by Crippen LogP contribution is 2.39. The van der Waals surface area contributed by atoms with Gasteiger partial charge in [0, 0.05) is 12.7 Å². The minimum Gasteiger partial charge on any atom is -0.329 e. The molecule has 1 fully saturated rings. The van der Waals surface area contributed by atoms with Crippen molar-refractivity contribution in [1.82, 2.24) is 4.98 Å². The topological polar surface area (TPSA) is 68.0 Å². The van der Waals surface area contributed by atoms with Crippen LogP contribution in [-0.4, -0.2) is 17.4 Å². The van der Waals surface area contributed by atoms with Crippen LogP contribution in [-0.2, 0) is 4.79 Å². The lowest BCUT2D eigenvalue weighted by Gasteiger charge is -2.37. The minimum atomic E-state index is -0.406. The van der Waals surface area contributed by atoms with Crippen molar-refractivity contribution in [2.24, 2.45) is 17.1 Å². The van der Waals surface area contributed by atoms with E-state index in [1.54, 1.807) is 6.20 Å². The quantitative estimate of drug-likeness (QED) is 0.878. The number of pyridine rings is 1. The molecule has 0 aromatic carbocycles.